The lowest BCUT2D eigenvalue weighted by Gasteiger charge is -2.47. The number of aryl methyl sites for hydroxylation is 2. The van der Waals surface area contributed by atoms with Gasteiger partial charge in [-0.3, -0.25) is 0 Å². The van der Waals surface area contributed by atoms with Gasteiger partial charge in [-0.15, -0.1) is 0 Å². The summed E-state index contributed by atoms with van der Waals surface area (Å²) < 4.78 is 26.2. The fourth-order valence-corrected chi connectivity index (χ4v) is 2.67. The molecule has 1 aromatic rings. The van der Waals surface area contributed by atoms with Crippen LogP contribution < -0.4 is 5.73 Å². The Balaban J connectivity index is 2.40. The topological polar surface area (TPSA) is 46.2 Å². The van der Waals surface area contributed by atoms with E-state index in [-0.39, 0.29) is 25.1 Å². The van der Waals surface area contributed by atoms with Crippen LogP contribution in [0.2, 0.25) is 0 Å². The molecule has 0 heterocycles. The number of phenolic OH excluding ortho intramolecular Hbond substituents is 1. The van der Waals surface area contributed by atoms with Gasteiger partial charge in [-0.1, -0.05) is 12.1 Å². The standard InChI is InChI=1S/C13H17F2NO/c1-8-3-10(4-9(2)11(8)17)12(7-16)5-13(14,15)6-12/h3-4,17H,5-7,16H2,1-2H3. The van der Waals surface area contributed by atoms with Crippen molar-refractivity contribution in [2.45, 2.75) is 38.0 Å². The van der Waals surface area contributed by atoms with Crippen molar-refractivity contribution in [2.75, 3.05) is 6.54 Å². The third-order valence-electron chi connectivity index (χ3n) is 3.69. The van der Waals surface area contributed by atoms with Crippen molar-refractivity contribution in [2.24, 2.45) is 5.73 Å². The summed E-state index contributed by atoms with van der Waals surface area (Å²) in [6.07, 6.45) is -0.389. The van der Waals surface area contributed by atoms with Crippen LogP contribution in [-0.2, 0) is 5.41 Å². The molecule has 0 radical (unpaired) electrons. The number of alkyl halides is 2. The summed E-state index contributed by atoms with van der Waals surface area (Å²) in [5.41, 5.74) is 7.29. The highest BCUT2D eigenvalue weighted by Crippen LogP contribution is 2.53. The van der Waals surface area contributed by atoms with Gasteiger partial charge in [0.1, 0.15) is 5.75 Å². The Labute approximate surface area is 99.4 Å². The summed E-state index contributed by atoms with van der Waals surface area (Å²) >= 11 is 0. The minimum absolute atomic E-state index is 0.194. The van der Waals surface area contributed by atoms with E-state index in [0.717, 1.165) is 5.56 Å². The van der Waals surface area contributed by atoms with E-state index >= 15 is 0 Å². The van der Waals surface area contributed by atoms with Gasteiger partial charge >= 0.3 is 0 Å². The van der Waals surface area contributed by atoms with Crippen LogP contribution in [0.1, 0.15) is 29.5 Å². The summed E-state index contributed by atoms with van der Waals surface area (Å²) in [7, 11) is 0. The van der Waals surface area contributed by atoms with Crippen LogP contribution in [0.3, 0.4) is 0 Å². The summed E-state index contributed by atoms with van der Waals surface area (Å²) in [6, 6.07) is 3.54. The van der Waals surface area contributed by atoms with Crippen LogP contribution in [-0.4, -0.2) is 17.6 Å². The Bertz CT molecular complexity index is 426. The molecule has 0 bridgehead atoms. The first-order valence-corrected chi connectivity index (χ1v) is 5.68. The van der Waals surface area contributed by atoms with E-state index in [9.17, 15) is 13.9 Å². The van der Waals surface area contributed by atoms with E-state index in [1.54, 1.807) is 26.0 Å². The lowest BCUT2D eigenvalue weighted by Crippen LogP contribution is -2.53. The molecular formula is C13H17F2NO. The SMILES string of the molecule is Cc1cc(C2(CN)CC(F)(F)C2)cc(C)c1O. The highest BCUT2D eigenvalue weighted by Gasteiger charge is 2.56. The molecular weight excluding hydrogens is 224 g/mol. The molecule has 1 fully saturated rings. The van der Waals surface area contributed by atoms with Crippen LogP contribution in [0.5, 0.6) is 5.75 Å². The van der Waals surface area contributed by atoms with Crippen molar-refractivity contribution >= 4 is 0 Å². The predicted molar refractivity (Wildman–Crippen MR) is 62.5 cm³/mol. The number of aromatic hydroxyl groups is 1. The molecule has 3 N–H and O–H groups in total. The first kappa shape index (κ1) is 12.3. The first-order chi connectivity index (χ1) is 7.80. The van der Waals surface area contributed by atoms with E-state index in [4.69, 9.17) is 5.73 Å². The lowest BCUT2D eigenvalue weighted by molar-refractivity contribution is -0.123. The second-order valence-electron chi connectivity index (χ2n) is 5.15. The van der Waals surface area contributed by atoms with Crippen molar-refractivity contribution in [1.29, 1.82) is 0 Å². The van der Waals surface area contributed by atoms with Gasteiger partial charge in [-0.05, 0) is 30.5 Å². The van der Waals surface area contributed by atoms with Crippen molar-refractivity contribution in [3.63, 3.8) is 0 Å². The molecule has 17 heavy (non-hydrogen) atoms. The largest absolute Gasteiger partial charge is 0.507 e. The van der Waals surface area contributed by atoms with Crippen LogP contribution in [0.15, 0.2) is 12.1 Å². The monoisotopic (exact) mass is 241 g/mol. The summed E-state index contributed by atoms with van der Waals surface area (Å²) in [5.74, 6) is -2.37. The van der Waals surface area contributed by atoms with Gasteiger partial charge in [-0.25, -0.2) is 8.78 Å². The number of phenols is 1. The average Bonchev–Trinajstić information content (AvgIpc) is 2.21. The average molecular weight is 241 g/mol. The van der Waals surface area contributed by atoms with Crippen molar-refractivity contribution in [1.82, 2.24) is 0 Å². The summed E-state index contributed by atoms with van der Waals surface area (Å²) in [6.45, 7) is 3.76. The predicted octanol–water partition coefficient (Wildman–Crippen LogP) is 2.63. The molecule has 2 nitrogen and oxygen atoms in total. The summed E-state index contributed by atoms with van der Waals surface area (Å²) in [4.78, 5) is 0. The van der Waals surface area contributed by atoms with Crippen molar-refractivity contribution in [3.05, 3.63) is 28.8 Å². The Morgan fingerprint density at radius 1 is 1.24 bits per heavy atom. The third kappa shape index (κ3) is 1.90. The highest BCUT2D eigenvalue weighted by atomic mass is 19.3. The number of hydrogen-bond acceptors (Lipinski definition) is 2. The molecule has 0 amide bonds. The molecule has 1 aromatic carbocycles. The quantitative estimate of drug-likeness (QED) is 0.836. The molecule has 0 spiro atoms. The zero-order valence-electron chi connectivity index (χ0n) is 10.1. The fraction of sp³-hybridized carbons (Fsp3) is 0.538. The molecule has 0 saturated heterocycles. The van der Waals surface area contributed by atoms with E-state index in [2.05, 4.69) is 0 Å². The van der Waals surface area contributed by atoms with E-state index in [0.29, 0.717) is 11.1 Å². The maximum atomic E-state index is 13.1. The van der Waals surface area contributed by atoms with Crippen LogP contribution in [0, 0.1) is 13.8 Å². The van der Waals surface area contributed by atoms with Crippen LogP contribution >= 0.6 is 0 Å². The number of rotatable bonds is 2. The van der Waals surface area contributed by atoms with Gasteiger partial charge in [0.15, 0.2) is 0 Å². The van der Waals surface area contributed by atoms with Crippen LogP contribution in [0.4, 0.5) is 8.78 Å². The normalized spacial score (nSPS) is 21.0. The zero-order chi connectivity index (χ0) is 12.8. The lowest BCUT2D eigenvalue weighted by atomic mass is 9.61. The van der Waals surface area contributed by atoms with E-state index in [1.807, 2.05) is 0 Å². The zero-order valence-corrected chi connectivity index (χ0v) is 10.1. The fourth-order valence-electron chi connectivity index (χ4n) is 2.67. The number of benzene rings is 1. The second-order valence-corrected chi connectivity index (χ2v) is 5.15. The molecule has 1 aliphatic rings. The third-order valence-corrected chi connectivity index (χ3v) is 3.69. The van der Waals surface area contributed by atoms with Crippen molar-refractivity contribution < 1.29 is 13.9 Å². The molecule has 0 atom stereocenters. The summed E-state index contributed by atoms with van der Waals surface area (Å²) in [5, 5.41) is 9.68. The highest BCUT2D eigenvalue weighted by molar-refractivity contribution is 5.46. The maximum Gasteiger partial charge on any atom is 0.250 e. The van der Waals surface area contributed by atoms with E-state index in [1.165, 1.54) is 0 Å². The molecule has 4 heteroatoms. The Kier molecular flexibility index (Phi) is 2.65. The van der Waals surface area contributed by atoms with Crippen molar-refractivity contribution in [3.8, 4) is 5.75 Å². The van der Waals surface area contributed by atoms with Gasteiger partial charge in [0, 0.05) is 24.8 Å². The van der Waals surface area contributed by atoms with Gasteiger partial charge < -0.3 is 10.8 Å². The molecule has 0 unspecified atom stereocenters. The Hall–Kier alpha value is -1.16. The smallest absolute Gasteiger partial charge is 0.250 e. The number of halogens is 2. The maximum absolute atomic E-state index is 13.1. The van der Waals surface area contributed by atoms with E-state index < -0.39 is 11.3 Å². The first-order valence-electron chi connectivity index (χ1n) is 5.68. The second kappa shape index (κ2) is 3.67. The van der Waals surface area contributed by atoms with Gasteiger partial charge in [0.25, 0.3) is 0 Å². The Morgan fingerprint density at radius 2 is 1.71 bits per heavy atom. The van der Waals surface area contributed by atoms with Gasteiger partial charge in [0.05, 0.1) is 0 Å². The molecule has 94 valence electrons. The van der Waals surface area contributed by atoms with Gasteiger partial charge in [0.2, 0.25) is 5.92 Å². The van der Waals surface area contributed by atoms with Gasteiger partial charge in [-0.2, -0.15) is 0 Å². The van der Waals surface area contributed by atoms with Crippen LogP contribution in [0.25, 0.3) is 0 Å². The molecule has 2 rings (SSSR count). The minimum Gasteiger partial charge on any atom is -0.507 e. The number of nitrogens with two attached hydrogens (primary N) is 1. The Morgan fingerprint density at radius 3 is 2.06 bits per heavy atom. The molecule has 1 saturated carbocycles. The number of hydrogen-bond donors (Lipinski definition) is 2. The minimum atomic E-state index is -2.60. The molecule has 1 aliphatic carbocycles. The molecule has 0 aromatic heterocycles. The molecule has 0 aliphatic heterocycles.